The van der Waals surface area contributed by atoms with Crippen molar-refractivity contribution in [3.63, 3.8) is 0 Å². The van der Waals surface area contributed by atoms with Gasteiger partial charge in [0.05, 0.1) is 0 Å². The van der Waals surface area contributed by atoms with Crippen LogP contribution in [0.15, 0.2) is 18.2 Å². The maximum Gasteiger partial charge on any atom is 0.267 e. The smallest absolute Gasteiger partial charge is 0.267 e. The molecule has 1 aliphatic rings. The number of hydrogen-bond acceptors (Lipinski definition) is 2. The Morgan fingerprint density at radius 2 is 2.35 bits per heavy atom. The number of carbonyl (C=O) groups is 1. The summed E-state index contributed by atoms with van der Waals surface area (Å²) in [5.41, 5.74) is -1.09. The number of carbonyl (C=O) groups excluding carboxylic acids is 1. The Labute approximate surface area is 98.9 Å². The van der Waals surface area contributed by atoms with Crippen LogP contribution in [0, 0.1) is 23.7 Å². The largest absolute Gasteiger partial charge is 0.369 e. The first-order valence-corrected chi connectivity index (χ1v) is 5.20. The van der Waals surface area contributed by atoms with Gasteiger partial charge in [-0.25, -0.2) is 4.39 Å². The average molecular weight is 232 g/mol. The van der Waals surface area contributed by atoms with Crippen molar-refractivity contribution in [1.82, 2.24) is 4.90 Å². The fourth-order valence-electron chi connectivity index (χ4n) is 1.63. The van der Waals surface area contributed by atoms with Crippen LogP contribution in [0.5, 0.6) is 0 Å². The molecule has 2 rings (SSSR count). The lowest BCUT2D eigenvalue weighted by atomic mass is 10.0. The van der Waals surface area contributed by atoms with Gasteiger partial charge in [0.1, 0.15) is 5.82 Å². The van der Waals surface area contributed by atoms with Crippen molar-refractivity contribution in [3.05, 3.63) is 35.6 Å². The number of aliphatic hydroxyl groups is 1. The van der Waals surface area contributed by atoms with Crippen molar-refractivity contribution in [2.24, 2.45) is 0 Å². The van der Waals surface area contributed by atoms with Gasteiger partial charge in [-0.15, -0.1) is 0 Å². The van der Waals surface area contributed by atoms with E-state index in [4.69, 9.17) is 0 Å². The second-order valence-electron chi connectivity index (χ2n) is 4.01. The fraction of sp³-hybridized carbons (Fsp3) is 0.308. The van der Waals surface area contributed by atoms with Crippen molar-refractivity contribution < 1.29 is 14.3 Å². The Balaban J connectivity index is 2.22. The van der Waals surface area contributed by atoms with Crippen molar-refractivity contribution in [2.75, 3.05) is 13.6 Å². The molecule has 4 heteroatoms. The molecule has 0 aromatic heterocycles. The van der Waals surface area contributed by atoms with Gasteiger partial charge in [0, 0.05) is 31.6 Å². The van der Waals surface area contributed by atoms with Crippen LogP contribution in [0.1, 0.15) is 12.0 Å². The Kier molecular flexibility index (Phi) is 2.86. The quantitative estimate of drug-likeness (QED) is 0.664. The monoisotopic (exact) mass is 232 g/mol. The molecular weight excluding hydrogens is 221 g/mol. The predicted molar refractivity (Wildman–Crippen MR) is 59.3 cm³/mol. The molecule has 0 unspecified atom stereocenters. The molecule has 1 aliphatic heterocycles. The number of rotatable bonds is 0. The maximum absolute atomic E-state index is 12.6. The lowest BCUT2D eigenvalue weighted by molar-refractivity contribution is -0.137. The van der Waals surface area contributed by atoms with Gasteiger partial charge >= 0.3 is 0 Å². The number of amides is 1. The van der Waals surface area contributed by atoms with Gasteiger partial charge in [-0.3, -0.25) is 4.79 Å². The zero-order chi connectivity index (χ0) is 12.5. The summed E-state index contributed by atoms with van der Waals surface area (Å²) in [6.45, 7) is 0.486. The van der Waals surface area contributed by atoms with E-state index in [0.29, 0.717) is 18.5 Å². The molecular formula is C13H11FNO2. The highest BCUT2D eigenvalue weighted by molar-refractivity contribution is 5.90. The van der Waals surface area contributed by atoms with Gasteiger partial charge in [-0.1, -0.05) is 11.8 Å². The minimum atomic E-state index is -1.61. The first kappa shape index (κ1) is 11.6. The van der Waals surface area contributed by atoms with Crippen molar-refractivity contribution >= 4 is 5.91 Å². The van der Waals surface area contributed by atoms with Crippen LogP contribution < -0.4 is 0 Å². The molecule has 3 nitrogen and oxygen atoms in total. The summed E-state index contributed by atoms with van der Waals surface area (Å²) in [6, 6.07) is 6.46. The Hall–Kier alpha value is -1.86. The maximum atomic E-state index is 12.6. The number of benzene rings is 1. The molecule has 1 amide bonds. The predicted octanol–water partition coefficient (Wildman–Crippen LogP) is 0.571. The van der Waals surface area contributed by atoms with E-state index < -0.39 is 17.3 Å². The fourth-order valence-corrected chi connectivity index (χ4v) is 1.63. The number of likely N-dealkylation sites (tertiary alicyclic amines) is 1. The molecule has 1 radical (unpaired) electrons. The highest BCUT2D eigenvalue weighted by atomic mass is 19.1. The lowest BCUT2D eigenvalue weighted by Crippen LogP contribution is -2.37. The van der Waals surface area contributed by atoms with Gasteiger partial charge in [0.25, 0.3) is 5.91 Å². The number of nitrogens with zero attached hydrogens (tertiary/aromatic N) is 1. The molecule has 1 fully saturated rings. The van der Waals surface area contributed by atoms with E-state index in [9.17, 15) is 14.3 Å². The van der Waals surface area contributed by atoms with E-state index >= 15 is 0 Å². The van der Waals surface area contributed by atoms with Crippen molar-refractivity contribution in [3.8, 4) is 11.8 Å². The summed E-state index contributed by atoms with van der Waals surface area (Å²) in [7, 11) is 1.62. The third-order valence-corrected chi connectivity index (χ3v) is 2.70. The molecule has 1 atom stereocenters. The van der Waals surface area contributed by atoms with Crippen molar-refractivity contribution in [2.45, 2.75) is 12.0 Å². The SMILES string of the molecule is CN1CC[C@@](O)(C#Cc2c[c]c(F)cc2)C1=O. The van der Waals surface area contributed by atoms with E-state index in [1.165, 1.54) is 23.1 Å². The van der Waals surface area contributed by atoms with Crippen LogP contribution in [-0.2, 0) is 4.79 Å². The third-order valence-electron chi connectivity index (χ3n) is 2.70. The van der Waals surface area contributed by atoms with Crippen LogP contribution >= 0.6 is 0 Å². The summed E-state index contributed by atoms with van der Waals surface area (Å²) in [5, 5.41) is 10.00. The first-order valence-electron chi connectivity index (χ1n) is 5.20. The zero-order valence-corrected chi connectivity index (χ0v) is 9.33. The Morgan fingerprint density at radius 1 is 1.59 bits per heavy atom. The molecule has 0 aliphatic carbocycles. The van der Waals surface area contributed by atoms with Crippen LogP contribution in [-0.4, -0.2) is 35.1 Å². The number of halogens is 1. The topological polar surface area (TPSA) is 40.5 Å². The summed E-state index contributed by atoms with van der Waals surface area (Å²) in [6.07, 6.45) is 0.292. The molecule has 1 saturated heterocycles. The molecule has 1 heterocycles. The van der Waals surface area contributed by atoms with Gasteiger partial charge in [-0.05, 0) is 18.2 Å². The van der Waals surface area contributed by atoms with E-state index in [-0.39, 0.29) is 0 Å². The van der Waals surface area contributed by atoms with E-state index in [2.05, 4.69) is 17.9 Å². The summed E-state index contributed by atoms with van der Waals surface area (Å²) in [5.74, 6) is 4.35. The standard InChI is InChI=1S/C13H11FNO2/c1-15-9-8-13(17,12(15)16)7-6-10-2-4-11(14)5-3-10/h2-4,17H,8-9H2,1H3/t13-/m0/s1. The van der Waals surface area contributed by atoms with Gasteiger partial charge in [0.15, 0.2) is 0 Å². The Bertz CT molecular complexity index is 500. The average Bonchev–Trinajstić information content (AvgIpc) is 2.58. The van der Waals surface area contributed by atoms with Gasteiger partial charge in [-0.2, -0.15) is 0 Å². The first-order chi connectivity index (χ1) is 8.01. The second kappa shape index (κ2) is 4.19. The van der Waals surface area contributed by atoms with Crippen LogP contribution in [0.2, 0.25) is 0 Å². The molecule has 0 saturated carbocycles. The van der Waals surface area contributed by atoms with Crippen LogP contribution in [0.3, 0.4) is 0 Å². The molecule has 17 heavy (non-hydrogen) atoms. The second-order valence-corrected chi connectivity index (χ2v) is 4.01. The Morgan fingerprint density at radius 3 is 2.88 bits per heavy atom. The normalized spacial score (nSPS) is 23.5. The molecule has 1 aromatic rings. The zero-order valence-electron chi connectivity index (χ0n) is 9.33. The lowest BCUT2D eigenvalue weighted by Gasteiger charge is -2.13. The molecule has 1 aromatic carbocycles. The van der Waals surface area contributed by atoms with Crippen LogP contribution in [0.4, 0.5) is 4.39 Å². The van der Waals surface area contributed by atoms with E-state index in [1.54, 1.807) is 7.05 Å². The highest BCUT2D eigenvalue weighted by Gasteiger charge is 2.42. The van der Waals surface area contributed by atoms with Crippen molar-refractivity contribution in [1.29, 1.82) is 0 Å². The summed E-state index contributed by atoms with van der Waals surface area (Å²) >= 11 is 0. The number of likely N-dealkylation sites (N-methyl/N-ethyl adjacent to an activating group) is 1. The van der Waals surface area contributed by atoms with E-state index in [0.717, 1.165) is 0 Å². The molecule has 1 N–H and O–H groups in total. The molecule has 0 spiro atoms. The van der Waals surface area contributed by atoms with E-state index in [1.807, 2.05) is 0 Å². The molecule has 87 valence electrons. The summed E-state index contributed by atoms with van der Waals surface area (Å²) in [4.78, 5) is 13.0. The minimum absolute atomic E-state index is 0.292. The highest BCUT2D eigenvalue weighted by Crippen LogP contribution is 2.20. The third kappa shape index (κ3) is 2.29. The summed E-state index contributed by atoms with van der Waals surface area (Å²) < 4.78 is 12.6. The molecule has 0 bridgehead atoms. The van der Waals surface area contributed by atoms with Gasteiger partial charge < -0.3 is 10.0 Å². The van der Waals surface area contributed by atoms with Gasteiger partial charge in [0.2, 0.25) is 5.60 Å². The minimum Gasteiger partial charge on any atom is -0.369 e. The van der Waals surface area contributed by atoms with Crippen LogP contribution in [0.25, 0.3) is 0 Å². The number of hydrogen-bond donors (Lipinski definition) is 1.